The summed E-state index contributed by atoms with van der Waals surface area (Å²) in [6, 6.07) is 14.1. The predicted molar refractivity (Wildman–Crippen MR) is 89.3 cm³/mol. The summed E-state index contributed by atoms with van der Waals surface area (Å²) < 4.78 is 2.14. The predicted octanol–water partition coefficient (Wildman–Crippen LogP) is 2.85. The second kappa shape index (κ2) is 5.01. The Bertz CT molecular complexity index is 1030. The molecule has 1 aliphatic heterocycles. The van der Waals surface area contributed by atoms with E-state index in [9.17, 15) is 5.11 Å². The molecule has 3 heterocycles. The van der Waals surface area contributed by atoms with E-state index in [1.807, 2.05) is 42.9 Å². The van der Waals surface area contributed by atoms with E-state index >= 15 is 0 Å². The van der Waals surface area contributed by atoms with Crippen LogP contribution in [0.4, 0.5) is 0 Å². The Morgan fingerprint density at radius 2 is 2.12 bits per heavy atom. The van der Waals surface area contributed by atoms with Gasteiger partial charge in [-0.2, -0.15) is 0 Å². The molecule has 0 saturated carbocycles. The van der Waals surface area contributed by atoms with Crippen LogP contribution in [0.2, 0.25) is 0 Å². The largest absolute Gasteiger partial charge is 0.388 e. The van der Waals surface area contributed by atoms with Crippen molar-refractivity contribution >= 4 is 11.0 Å². The minimum Gasteiger partial charge on any atom is -0.388 e. The topological polar surface area (TPSA) is 79.6 Å². The Labute approximate surface area is 137 Å². The summed E-state index contributed by atoms with van der Waals surface area (Å²) in [6.07, 6.45) is 3.72. The molecule has 5 rings (SSSR count). The molecule has 0 spiro atoms. The number of nitrogens with one attached hydrogen (secondary N) is 1. The lowest BCUT2D eigenvalue weighted by atomic mass is 9.95. The zero-order valence-corrected chi connectivity index (χ0v) is 12.8. The van der Waals surface area contributed by atoms with Crippen molar-refractivity contribution in [3.05, 3.63) is 66.1 Å². The maximum atomic E-state index is 10.8. The first kappa shape index (κ1) is 13.4. The van der Waals surface area contributed by atoms with E-state index in [4.69, 9.17) is 0 Å². The molecule has 0 saturated heterocycles. The lowest BCUT2D eigenvalue weighted by Gasteiger charge is -2.19. The standard InChI is InChI=1S/C18H15N5O/c24-18(11-5-6-14-15(7-11)21-22-20-14)8-16-12-3-1-2-4-13(12)17-9-19-10-23(16)17/h1-7,9-10,16,18,24H,8H2,(H,20,21,22). The van der Waals surface area contributed by atoms with Crippen LogP contribution >= 0.6 is 0 Å². The molecule has 0 fully saturated rings. The smallest absolute Gasteiger partial charge is 0.113 e. The lowest BCUT2D eigenvalue weighted by Crippen LogP contribution is -2.10. The number of nitrogens with zero attached hydrogens (tertiary/aromatic N) is 4. The second-order valence-electron chi connectivity index (χ2n) is 6.13. The highest BCUT2D eigenvalue weighted by molar-refractivity contribution is 5.74. The Hall–Kier alpha value is -2.99. The van der Waals surface area contributed by atoms with E-state index in [-0.39, 0.29) is 6.04 Å². The van der Waals surface area contributed by atoms with Gasteiger partial charge in [-0.25, -0.2) is 4.98 Å². The van der Waals surface area contributed by atoms with Crippen molar-refractivity contribution in [3.8, 4) is 11.3 Å². The Morgan fingerprint density at radius 1 is 1.21 bits per heavy atom. The van der Waals surface area contributed by atoms with Crippen LogP contribution in [0.5, 0.6) is 0 Å². The number of imidazole rings is 1. The van der Waals surface area contributed by atoms with E-state index in [0.29, 0.717) is 6.42 Å². The van der Waals surface area contributed by atoms with Gasteiger partial charge in [0.1, 0.15) is 5.52 Å². The summed E-state index contributed by atoms with van der Waals surface area (Å²) in [5, 5.41) is 21.4. The molecule has 0 aliphatic carbocycles. The number of fused-ring (bicyclic) bond motifs is 4. The first-order chi connectivity index (χ1) is 11.8. The van der Waals surface area contributed by atoms with E-state index in [1.54, 1.807) is 0 Å². The fourth-order valence-electron chi connectivity index (χ4n) is 3.59. The molecule has 0 radical (unpaired) electrons. The molecule has 2 unspecified atom stereocenters. The van der Waals surface area contributed by atoms with Crippen molar-refractivity contribution in [2.75, 3.05) is 0 Å². The Kier molecular flexibility index (Phi) is 2.80. The fourth-order valence-corrected chi connectivity index (χ4v) is 3.59. The van der Waals surface area contributed by atoms with E-state index in [1.165, 1.54) is 11.1 Å². The first-order valence-corrected chi connectivity index (χ1v) is 7.91. The van der Waals surface area contributed by atoms with Crippen molar-refractivity contribution in [1.82, 2.24) is 25.0 Å². The second-order valence-corrected chi connectivity index (χ2v) is 6.13. The first-order valence-electron chi connectivity index (χ1n) is 7.91. The molecule has 2 aromatic carbocycles. The number of H-pyrrole nitrogens is 1. The van der Waals surface area contributed by atoms with Crippen LogP contribution in [0, 0.1) is 0 Å². The molecule has 0 amide bonds. The van der Waals surface area contributed by atoms with Crippen LogP contribution in [-0.2, 0) is 0 Å². The molecular weight excluding hydrogens is 302 g/mol. The molecular formula is C18H15N5O. The quantitative estimate of drug-likeness (QED) is 0.609. The zero-order chi connectivity index (χ0) is 16.1. The number of hydrogen-bond donors (Lipinski definition) is 2. The average molecular weight is 317 g/mol. The molecule has 24 heavy (non-hydrogen) atoms. The Balaban J connectivity index is 1.51. The van der Waals surface area contributed by atoms with E-state index in [0.717, 1.165) is 22.3 Å². The van der Waals surface area contributed by atoms with Crippen LogP contribution in [0.1, 0.15) is 29.7 Å². The van der Waals surface area contributed by atoms with Gasteiger partial charge in [-0.1, -0.05) is 35.5 Å². The van der Waals surface area contributed by atoms with Crippen molar-refractivity contribution in [2.24, 2.45) is 0 Å². The van der Waals surface area contributed by atoms with E-state index in [2.05, 4.69) is 37.1 Å². The molecule has 2 atom stereocenters. The monoisotopic (exact) mass is 317 g/mol. The minimum absolute atomic E-state index is 0.0849. The van der Waals surface area contributed by atoms with Gasteiger partial charge in [-0.05, 0) is 23.3 Å². The highest BCUT2D eigenvalue weighted by Gasteiger charge is 2.30. The SMILES string of the molecule is OC(CC1c2ccccc2-c2cncn21)c1ccc2[nH]nnc2c1. The van der Waals surface area contributed by atoms with Gasteiger partial charge in [-0.3, -0.25) is 5.10 Å². The lowest BCUT2D eigenvalue weighted by molar-refractivity contribution is 0.154. The van der Waals surface area contributed by atoms with Gasteiger partial charge in [0.2, 0.25) is 0 Å². The number of aliphatic hydroxyl groups excluding tert-OH is 1. The molecule has 2 aromatic heterocycles. The molecule has 6 heteroatoms. The third-order valence-electron chi connectivity index (χ3n) is 4.78. The average Bonchev–Trinajstić information content (AvgIpc) is 3.31. The molecule has 0 bridgehead atoms. The van der Waals surface area contributed by atoms with Gasteiger partial charge in [0.15, 0.2) is 0 Å². The summed E-state index contributed by atoms with van der Waals surface area (Å²) in [4.78, 5) is 4.27. The van der Waals surface area contributed by atoms with Crippen LogP contribution in [0.3, 0.4) is 0 Å². The van der Waals surface area contributed by atoms with Gasteiger partial charge < -0.3 is 9.67 Å². The third kappa shape index (κ3) is 1.90. The number of rotatable bonds is 3. The molecule has 6 nitrogen and oxygen atoms in total. The summed E-state index contributed by atoms with van der Waals surface area (Å²) in [5.74, 6) is 0. The summed E-state index contributed by atoms with van der Waals surface area (Å²) in [5.41, 5.74) is 6.02. The number of aliphatic hydroxyl groups is 1. The minimum atomic E-state index is -0.586. The van der Waals surface area contributed by atoms with Crippen molar-refractivity contribution in [2.45, 2.75) is 18.6 Å². The van der Waals surface area contributed by atoms with Gasteiger partial charge in [0.05, 0.1) is 35.9 Å². The van der Waals surface area contributed by atoms with Crippen LogP contribution < -0.4 is 0 Å². The zero-order valence-electron chi connectivity index (χ0n) is 12.8. The van der Waals surface area contributed by atoms with Crippen molar-refractivity contribution < 1.29 is 5.11 Å². The van der Waals surface area contributed by atoms with Gasteiger partial charge >= 0.3 is 0 Å². The maximum Gasteiger partial charge on any atom is 0.113 e. The molecule has 2 N–H and O–H groups in total. The summed E-state index contributed by atoms with van der Waals surface area (Å²) in [7, 11) is 0. The Morgan fingerprint density at radius 3 is 3.08 bits per heavy atom. The van der Waals surface area contributed by atoms with Gasteiger partial charge in [-0.15, -0.1) is 5.10 Å². The number of benzene rings is 2. The molecule has 118 valence electrons. The maximum absolute atomic E-state index is 10.8. The van der Waals surface area contributed by atoms with Crippen molar-refractivity contribution in [1.29, 1.82) is 0 Å². The summed E-state index contributed by atoms with van der Waals surface area (Å²) in [6.45, 7) is 0. The number of hydrogen-bond acceptors (Lipinski definition) is 4. The van der Waals surface area contributed by atoms with Gasteiger partial charge in [0, 0.05) is 12.0 Å². The van der Waals surface area contributed by atoms with Crippen LogP contribution in [0.15, 0.2) is 55.0 Å². The van der Waals surface area contributed by atoms with Crippen LogP contribution in [-0.4, -0.2) is 30.1 Å². The fraction of sp³-hybridized carbons (Fsp3) is 0.167. The summed E-state index contributed by atoms with van der Waals surface area (Å²) >= 11 is 0. The van der Waals surface area contributed by atoms with E-state index < -0.39 is 6.10 Å². The molecule has 4 aromatic rings. The highest BCUT2D eigenvalue weighted by atomic mass is 16.3. The normalized spacial score (nSPS) is 17.0. The number of aromatic nitrogens is 5. The van der Waals surface area contributed by atoms with Crippen LogP contribution in [0.25, 0.3) is 22.3 Å². The van der Waals surface area contributed by atoms with Gasteiger partial charge in [0.25, 0.3) is 0 Å². The number of aromatic amines is 1. The third-order valence-corrected chi connectivity index (χ3v) is 4.78. The van der Waals surface area contributed by atoms with Crippen molar-refractivity contribution in [3.63, 3.8) is 0 Å². The molecule has 1 aliphatic rings. The highest BCUT2D eigenvalue weighted by Crippen LogP contribution is 2.42.